The molecule has 200 valence electrons. The topological polar surface area (TPSA) is 90.5 Å². The van der Waals surface area contributed by atoms with E-state index in [9.17, 15) is 8.42 Å². The predicted molar refractivity (Wildman–Crippen MR) is 155 cm³/mol. The maximum absolute atomic E-state index is 14.4. The van der Waals surface area contributed by atoms with Gasteiger partial charge in [0.25, 0.3) is 0 Å². The fraction of sp³-hybridized carbons (Fsp3) is 0.267. The van der Waals surface area contributed by atoms with E-state index in [1.807, 2.05) is 72.8 Å². The summed E-state index contributed by atoms with van der Waals surface area (Å²) < 4.78 is 28.9. The first-order valence-electron chi connectivity index (χ1n) is 13.4. The number of rotatable bonds is 6. The highest BCUT2D eigenvalue weighted by Gasteiger charge is 2.30. The van der Waals surface area contributed by atoms with Crippen LogP contribution in [0.5, 0.6) is 0 Å². The summed E-state index contributed by atoms with van der Waals surface area (Å²) in [4.78, 5) is 13.7. The van der Waals surface area contributed by atoms with Gasteiger partial charge in [0.2, 0.25) is 9.84 Å². The Morgan fingerprint density at radius 3 is 1.36 bits per heavy atom. The van der Waals surface area contributed by atoms with E-state index in [1.165, 1.54) is 0 Å². The van der Waals surface area contributed by atoms with Crippen LogP contribution in [-0.4, -0.2) is 70.7 Å². The van der Waals surface area contributed by atoms with Gasteiger partial charge in [0.05, 0.1) is 23.8 Å². The van der Waals surface area contributed by atoms with Crippen molar-refractivity contribution in [3.8, 4) is 22.3 Å². The van der Waals surface area contributed by atoms with Gasteiger partial charge in [0.15, 0.2) is 10.1 Å². The molecule has 2 fully saturated rings. The van der Waals surface area contributed by atoms with Crippen LogP contribution in [0.25, 0.3) is 22.3 Å². The summed E-state index contributed by atoms with van der Waals surface area (Å²) >= 11 is 0. The van der Waals surface area contributed by atoms with Crippen LogP contribution in [0.15, 0.2) is 95.2 Å². The SMILES string of the molecule is O=S(=O)(c1ncc(N2CCNCC2)cc1-c1ccccc1)c1ncc(N2CCNCC2)cc1-c1ccccc1. The lowest BCUT2D eigenvalue weighted by Crippen LogP contribution is -2.43. The molecule has 0 amide bonds. The van der Waals surface area contributed by atoms with E-state index in [2.05, 4.69) is 30.4 Å². The molecule has 0 unspecified atom stereocenters. The van der Waals surface area contributed by atoms with E-state index in [-0.39, 0.29) is 10.1 Å². The number of sulfone groups is 1. The van der Waals surface area contributed by atoms with Crippen molar-refractivity contribution in [3.05, 3.63) is 85.2 Å². The maximum atomic E-state index is 14.4. The molecule has 9 heteroatoms. The van der Waals surface area contributed by atoms with Gasteiger partial charge in [-0.2, -0.15) is 0 Å². The molecule has 2 saturated heterocycles. The first-order valence-corrected chi connectivity index (χ1v) is 14.9. The van der Waals surface area contributed by atoms with E-state index in [0.29, 0.717) is 11.1 Å². The molecule has 2 aromatic heterocycles. The molecule has 8 nitrogen and oxygen atoms in total. The van der Waals surface area contributed by atoms with Gasteiger partial charge >= 0.3 is 0 Å². The summed E-state index contributed by atoms with van der Waals surface area (Å²) in [6, 6.07) is 23.1. The third-order valence-corrected chi connectivity index (χ3v) is 8.99. The lowest BCUT2D eigenvalue weighted by atomic mass is 10.1. The van der Waals surface area contributed by atoms with Gasteiger partial charge < -0.3 is 20.4 Å². The van der Waals surface area contributed by atoms with Crippen molar-refractivity contribution in [2.45, 2.75) is 10.1 Å². The smallest absolute Gasteiger partial charge is 0.242 e. The molecule has 0 bridgehead atoms. The Kier molecular flexibility index (Phi) is 7.28. The summed E-state index contributed by atoms with van der Waals surface area (Å²) in [6.45, 7) is 6.89. The Bertz CT molecular complexity index is 1420. The van der Waals surface area contributed by atoms with Crippen LogP contribution in [0.2, 0.25) is 0 Å². The summed E-state index contributed by atoms with van der Waals surface area (Å²) in [5, 5.41) is 6.77. The number of nitrogens with zero attached hydrogens (tertiary/aromatic N) is 4. The summed E-state index contributed by atoms with van der Waals surface area (Å²) in [5.41, 5.74) is 4.61. The zero-order valence-electron chi connectivity index (χ0n) is 21.8. The minimum atomic E-state index is -4.08. The fourth-order valence-corrected chi connectivity index (χ4v) is 6.74. The standard InChI is InChI=1S/C30H32N6O2S/c37-39(38,29-27(23-7-3-1-4-8-23)19-25(21-33-29)35-15-11-31-12-16-35)30-28(24-9-5-2-6-10-24)20-26(22-34-30)36-17-13-32-14-18-36/h1-10,19-22,31-32H,11-18H2. The molecule has 0 atom stereocenters. The Balaban J connectivity index is 1.50. The highest BCUT2D eigenvalue weighted by molar-refractivity contribution is 7.91. The van der Waals surface area contributed by atoms with Gasteiger partial charge in [0.1, 0.15) is 0 Å². The number of piperazine rings is 2. The highest BCUT2D eigenvalue weighted by atomic mass is 32.2. The average Bonchev–Trinajstić information content (AvgIpc) is 3.02. The summed E-state index contributed by atoms with van der Waals surface area (Å²) in [6.07, 6.45) is 3.36. The zero-order chi connectivity index (χ0) is 26.7. The second-order valence-electron chi connectivity index (χ2n) is 9.80. The van der Waals surface area contributed by atoms with Crippen molar-refractivity contribution in [1.29, 1.82) is 0 Å². The molecule has 6 rings (SSSR count). The number of pyridine rings is 2. The van der Waals surface area contributed by atoms with Crippen LogP contribution in [0.3, 0.4) is 0 Å². The molecular formula is C30H32N6O2S. The van der Waals surface area contributed by atoms with Crippen molar-refractivity contribution < 1.29 is 8.42 Å². The van der Waals surface area contributed by atoms with E-state index >= 15 is 0 Å². The number of benzene rings is 2. The first-order chi connectivity index (χ1) is 19.1. The van der Waals surface area contributed by atoms with Gasteiger partial charge in [-0.05, 0) is 23.3 Å². The molecule has 2 aliphatic heterocycles. The molecule has 2 aliphatic rings. The normalized spacial score (nSPS) is 16.3. The molecule has 0 aliphatic carbocycles. The Labute approximate surface area is 229 Å². The molecule has 0 radical (unpaired) electrons. The van der Waals surface area contributed by atoms with Crippen LogP contribution in [0.1, 0.15) is 0 Å². The maximum Gasteiger partial charge on any atom is 0.242 e. The lowest BCUT2D eigenvalue weighted by molar-refractivity contribution is 0.583. The molecule has 39 heavy (non-hydrogen) atoms. The van der Waals surface area contributed by atoms with Crippen molar-refractivity contribution in [2.24, 2.45) is 0 Å². The highest BCUT2D eigenvalue weighted by Crippen LogP contribution is 2.37. The van der Waals surface area contributed by atoms with Gasteiger partial charge in [0, 0.05) is 63.5 Å². The van der Waals surface area contributed by atoms with Crippen LogP contribution in [0, 0.1) is 0 Å². The lowest BCUT2D eigenvalue weighted by Gasteiger charge is -2.30. The molecular weight excluding hydrogens is 508 g/mol. The molecule has 4 heterocycles. The summed E-state index contributed by atoms with van der Waals surface area (Å²) in [7, 11) is -4.08. The summed E-state index contributed by atoms with van der Waals surface area (Å²) in [5.74, 6) is 0. The number of aromatic nitrogens is 2. The van der Waals surface area contributed by atoms with Crippen LogP contribution < -0.4 is 20.4 Å². The fourth-order valence-electron chi connectivity index (χ4n) is 5.24. The molecule has 0 saturated carbocycles. The van der Waals surface area contributed by atoms with Crippen LogP contribution >= 0.6 is 0 Å². The molecule has 2 aromatic carbocycles. The quantitative estimate of drug-likeness (QED) is 0.384. The van der Waals surface area contributed by atoms with Crippen molar-refractivity contribution >= 4 is 21.2 Å². The average molecular weight is 541 g/mol. The zero-order valence-corrected chi connectivity index (χ0v) is 22.6. The van der Waals surface area contributed by atoms with E-state index < -0.39 is 9.84 Å². The number of nitrogens with one attached hydrogen (secondary N) is 2. The van der Waals surface area contributed by atoms with E-state index in [1.54, 1.807) is 12.4 Å². The second kappa shape index (κ2) is 11.1. The van der Waals surface area contributed by atoms with Gasteiger partial charge in [-0.3, -0.25) is 0 Å². The van der Waals surface area contributed by atoms with Crippen LogP contribution in [-0.2, 0) is 9.84 Å². The molecule has 4 aromatic rings. The molecule has 2 N–H and O–H groups in total. The minimum absolute atomic E-state index is 0.0205. The Morgan fingerprint density at radius 2 is 0.974 bits per heavy atom. The van der Waals surface area contributed by atoms with E-state index in [4.69, 9.17) is 0 Å². The van der Waals surface area contributed by atoms with E-state index in [0.717, 1.165) is 74.9 Å². The predicted octanol–water partition coefficient (Wildman–Crippen LogP) is 3.46. The van der Waals surface area contributed by atoms with Crippen molar-refractivity contribution in [2.75, 3.05) is 62.2 Å². The first kappa shape index (κ1) is 25.5. The third kappa shape index (κ3) is 5.25. The third-order valence-electron chi connectivity index (χ3n) is 7.32. The van der Waals surface area contributed by atoms with Gasteiger partial charge in [-0.25, -0.2) is 18.4 Å². The van der Waals surface area contributed by atoms with Gasteiger partial charge in [-0.15, -0.1) is 0 Å². The number of hydrogen-bond donors (Lipinski definition) is 2. The second-order valence-corrected chi connectivity index (χ2v) is 11.6. The monoisotopic (exact) mass is 540 g/mol. The minimum Gasteiger partial charge on any atom is -0.368 e. The molecule has 0 spiro atoms. The Hall–Kier alpha value is -3.79. The number of anilines is 2. The Morgan fingerprint density at radius 1 is 0.590 bits per heavy atom. The van der Waals surface area contributed by atoms with Crippen molar-refractivity contribution in [3.63, 3.8) is 0 Å². The van der Waals surface area contributed by atoms with Crippen LogP contribution in [0.4, 0.5) is 11.4 Å². The number of hydrogen-bond acceptors (Lipinski definition) is 8. The van der Waals surface area contributed by atoms with Gasteiger partial charge in [-0.1, -0.05) is 60.7 Å². The van der Waals surface area contributed by atoms with Crippen molar-refractivity contribution in [1.82, 2.24) is 20.6 Å². The largest absolute Gasteiger partial charge is 0.368 e.